The first-order chi connectivity index (χ1) is 4.47. The summed E-state index contributed by atoms with van der Waals surface area (Å²) in [6, 6.07) is 3.96. The van der Waals surface area contributed by atoms with Gasteiger partial charge in [0.05, 0.1) is 0 Å². The van der Waals surface area contributed by atoms with E-state index >= 15 is 0 Å². The molecule has 2 rings (SSSR count). The third-order valence-electron chi connectivity index (χ3n) is 1.35. The Morgan fingerprint density at radius 3 is 3.00 bits per heavy atom. The van der Waals surface area contributed by atoms with Crippen molar-refractivity contribution < 1.29 is 0 Å². The Hall–Kier alpha value is -1.35. The molecule has 0 spiro atoms. The van der Waals surface area contributed by atoms with Gasteiger partial charge in [0.25, 0.3) is 0 Å². The summed E-state index contributed by atoms with van der Waals surface area (Å²) in [5, 5.41) is 1.16. The number of H-pyrrole nitrogens is 1. The molecule has 0 aliphatic heterocycles. The molecule has 2 aromatic heterocycles. The molecule has 0 saturated carbocycles. The molecule has 52 valence electrons. The van der Waals surface area contributed by atoms with Crippen molar-refractivity contribution in [3.05, 3.63) is 30.7 Å². The Labute approximate surface area is 58.7 Å². The number of aromatic amines is 1. The van der Waals surface area contributed by atoms with Gasteiger partial charge >= 0.3 is 0 Å². The van der Waals surface area contributed by atoms with Gasteiger partial charge in [-0.25, -0.2) is 0 Å². The van der Waals surface area contributed by atoms with Crippen LogP contribution in [0.15, 0.2) is 30.7 Å². The summed E-state index contributed by atoms with van der Waals surface area (Å²) >= 11 is 0. The fourth-order valence-corrected chi connectivity index (χ4v) is 0.892. The molecule has 0 amide bonds. The van der Waals surface area contributed by atoms with Gasteiger partial charge in [-0.3, -0.25) is 4.98 Å². The first kappa shape index (κ1) is 6.77. The van der Waals surface area contributed by atoms with Crippen LogP contribution in [0.2, 0.25) is 0 Å². The van der Waals surface area contributed by atoms with Crippen molar-refractivity contribution >= 4 is 10.9 Å². The Bertz CT molecular complexity index is 283. The van der Waals surface area contributed by atoms with Crippen LogP contribution in [-0.4, -0.2) is 9.97 Å². The maximum Gasteiger partial charge on any atom is 0.0484 e. The minimum absolute atomic E-state index is 0. The van der Waals surface area contributed by atoms with Crippen molar-refractivity contribution in [3.63, 3.8) is 0 Å². The van der Waals surface area contributed by atoms with E-state index in [1.807, 2.05) is 24.5 Å². The standard InChI is InChI=1S/C7H6N2.H3N/c1-4-9-7-2-3-8-5-6(1)7;/h1-5,9H;1H3. The van der Waals surface area contributed by atoms with E-state index in [4.69, 9.17) is 0 Å². The van der Waals surface area contributed by atoms with Crippen LogP contribution in [0.1, 0.15) is 0 Å². The van der Waals surface area contributed by atoms with Crippen molar-refractivity contribution in [2.24, 2.45) is 0 Å². The van der Waals surface area contributed by atoms with Crippen LogP contribution < -0.4 is 6.15 Å². The highest BCUT2D eigenvalue weighted by molar-refractivity contribution is 5.77. The first-order valence-electron chi connectivity index (χ1n) is 2.84. The number of rotatable bonds is 0. The van der Waals surface area contributed by atoms with Crippen LogP contribution in [0.3, 0.4) is 0 Å². The van der Waals surface area contributed by atoms with Crippen molar-refractivity contribution in [3.8, 4) is 0 Å². The average molecular weight is 135 g/mol. The number of nitrogens with one attached hydrogen (secondary N) is 1. The lowest BCUT2D eigenvalue weighted by molar-refractivity contribution is 1.36. The highest BCUT2D eigenvalue weighted by atomic mass is 14.7. The Morgan fingerprint density at radius 2 is 2.20 bits per heavy atom. The van der Waals surface area contributed by atoms with Crippen molar-refractivity contribution in [2.45, 2.75) is 0 Å². The molecule has 0 bridgehead atoms. The number of hydrogen-bond donors (Lipinski definition) is 2. The van der Waals surface area contributed by atoms with Crippen molar-refractivity contribution in [1.82, 2.24) is 16.1 Å². The fraction of sp³-hybridized carbons (Fsp3) is 0. The molecule has 4 N–H and O–H groups in total. The second-order valence-electron chi connectivity index (χ2n) is 1.94. The van der Waals surface area contributed by atoms with Gasteiger partial charge in [0.15, 0.2) is 0 Å². The molecular weight excluding hydrogens is 126 g/mol. The summed E-state index contributed by atoms with van der Waals surface area (Å²) in [6.45, 7) is 0. The molecule has 0 atom stereocenters. The smallest absolute Gasteiger partial charge is 0.0484 e. The Kier molecular flexibility index (Phi) is 1.69. The van der Waals surface area contributed by atoms with E-state index in [2.05, 4.69) is 9.97 Å². The number of fused-ring (bicyclic) bond motifs is 1. The van der Waals surface area contributed by atoms with Gasteiger partial charge in [-0.2, -0.15) is 0 Å². The average Bonchev–Trinajstić information content (AvgIpc) is 2.33. The summed E-state index contributed by atoms with van der Waals surface area (Å²) < 4.78 is 0. The molecule has 2 aromatic rings. The zero-order valence-electron chi connectivity index (χ0n) is 5.54. The van der Waals surface area contributed by atoms with Crippen LogP contribution in [0, 0.1) is 0 Å². The molecule has 0 aliphatic rings. The van der Waals surface area contributed by atoms with E-state index in [9.17, 15) is 0 Å². The van der Waals surface area contributed by atoms with E-state index in [1.54, 1.807) is 6.20 Å². The summed E-state index contributed by atoms with van der Waals surface area (Å²) in [7, 11) is 0. The highest BCUT2D eigenvalue weighted by Crippen LogP contribution is 2.07. The second-order valence-corrected chi connectivity index (χ2v) is 1.94. The molecule has 0 radical (unpaired) electrons. The van der Waals surface area contributed by atoms with Gasteiger partial charge in [0.1, 0.15) is 0 Å². The highest BCUT2D eigenvalue weighted by Gasteiger charge is 1.87. The van der Waals surface area contributed by atoms with E-state index in [0.717, 1.165) is 10.9 Å². The number of pyridine rings is 1. The van der Waals surface area contributed by atoms with Gasteiger partial charge in [-0.15, -0.1) is 0 Å². The van der Waals surface area contributed by atoms with Crippen LogP contribution in [-0.2, 0) is 0 Å². The molecule has 0 aliphatic carbocycles. The van der Waals surface area contributed by atoms with Crippen molar-refractivity contribution in [2.75, 3.05) is 0 Å². The quantitative estimate of drug-likeness (QED) is 0.577. The maximum atomic E-state index is 3.97. The second kappa shape index (κ2) is 2.49. The summed E-state index contributed by atoms with van der Waals surface area (Å²) in [5.74, 6) is 0. The molecule has 3 nitrogen and oxygen atoms in total. The molecule has 3 heteroatoms. The fourth-order valence-electron chi connectivity index (χ4n) is 0.892. The van der Waals surface area contributed by atoms with E-state index in [-0.39, 0.29) is 6.15 Å². The first-order valence-corrected chi connectivity index (χ1v) is 2.84. The zero-order chi connectivity index (χ0) is 6.10. The molecule has 0 aromatic carbocycles. The van der Waals surface area contributed by atoms with Crippen LogP contribution in [0.5, 0.6) is 0 Å². The van der Waals surface area contributed by atoms with Crippen LogP contribution >= 0.6 is 0 Å². The lowest BCUT2D eigenvalue weighted by Crippen LogP contribution is -1.67. The lowest BCUT2D eigenvalue weighted by Gasteiger charge is -1.82. The zero-order valence-corrected chi connectivity index (χ0v) is 5.54. The maximum absolute atomic E-state index is 3.97. The number of nitrogens with zero attached hydrogens (tertiary/aromatic N) is 1. The minimum Gasteiger partial charge on any atom is -0.361 e. The third kappa shape index (κ3) is 0.867. The number of hydrogen-bond acceptors (Lipinski definition) is 2. The molecule has 2 heterocycles. The third-order valence-corrected chi connectivity index (χ3v) is 1.35. The normalized spacial score (nSPS) is 9.20. The van der Waals surface area contributed by atoms with Gasteiger partial charge < -0.3 is 11.1 Å². The summed E-state index contributed by atoms with van der Waals surface area (Å²) in [5.41, 5.74) is 1.14. The molecule has 0 unspecified atom stereocenters. The molecule has 0 fully saturated rings. The summed E-state index contributed by atoms with van der Waals surface area (Å²) in [6.07, 6.45) is 5.52. The number of aromatic nitrogens is 2. The van der Waals surface area contributed by atoms with Crippen LogP contribution in [0.4, 0.5) is 0 Å². The van der Waals surface area contributed by atoms with Crippen molar-refractivity contribution in [1.29, 1.82) is 0 Å². The monoisotopic (exact) mass is 135 g/mol. The van der Waals surface area contributed by atoms with Gasteiger partial charge in [0, 0.05) is 29.5 Å². The van der Waals surface area contributed by atoms with Crippen LogP contribution in [0.25, 0.3) is 10.9 Å². The lowest BCUT2D eigenvalue weighted by atomic mass is 10.3. The Morgan fingerprint density at radius 1 is 1.30 bits per heavy atom. The van der Waals surface area contributed by atoms with Gasteiger partial charge in [0.2, 0.25) is 0 Å². The SMILES string of the molecule is N.c1cc2[nH]ccc2cn1. The molecule has 0 saturated heterocycles. The predicted molar refractivity (Wildman–Crippen MR) is 41.1 cm³/mol. The van der Waals surface area contributed by atoms with Gasteiger partial charge in [-0.05, 0) is 12.1 Å². The van der Waals surface area contributed by atoms with E-state index < -0.39 is 0 Å². The largest absolute Gasteiger partial charge is 0.361 e. The molecular formula is C7H9N3. The van der Waals surface area contributed by atoms with E-state index in [1.165, 1.54) is 0 Å². The Balaban J connectivity index is 0.000000500. The van der Waals surface area contributed by atoms with Gasteiger partial charge in [-0.1, -0.05) is 0 Å². The topological polar surface area (TPSA) is 63.7 Å². The summed E-state index contributed by atoms with van der Waals surface area (Å²) in [4.78, 5) is 7.04. The minimum atomic E-state index is 0. The predicted octanol–water partition coefficient (Wildman–Crippen LogP) is 1.72. The van der Waals surface area contributed by atoms with E-state index in [0.29, 0.717) is 0 Å². The molecule has 10 heavy (non-hydrogen) atoms.